The molecule has 19 heavy (non-hydrogen) atoms. The van der Waals surface area contributed by atoms with Crippen LogP contribution in [0.5, 0.6) is 0 Å². The SMILES string of the molecule is CC1C(C(=O)O)CCN1C(=O)c1ccc(F)c(Cl)c1. The van der Waals surface area contributed by atoms with Gasteiger partial charge in [0.2, 0.25) is 0 Å². The molecule has 0 radical (unpaired) electrons. The van der Waals surface area contributed by atoms with Crippen LogP contribution in [0.4, 0.5) is 4.39 Å². The van der Waals surface area contributed by atoms with E-state index in [4.69, 9.17) is 16.7 Å². The summed E-state index contributed by atoms with van der Waals surface area (Å²) in [6, 6.07) is 3.36. The van der Waals surface area contributed by atoms with Gasteiger partial charge in [0.15, 0.2) is 0 Å². The molecule has 1 N–H and O–H groups in total. The quantitative estimate of drug-likeness (QED) is 0.908. The molecule has 102 valence electrons. The highest BCUT2D eigenvalue weighted by molar-refractivity contribution is 6.31. The second-order valence-corrected chi connectivity index (χ2v) is 5.01. The Bertz CT molecular complexity index is 535. The molecule has 1 aliphatic rings. The van der Waals surface area contributed by atoms with E-state index in [0.29, 0.717) is 13.0 Å². The van der Waals surface area contributed by atoms with Gasteiger partial charge in [0.1, 0.15) is 5.82 Å². The van der Waals surface area contributed by atoms with Crippen molar-refractivity contribution in [2.45, 2.75) is 19.4 Å². The lowest BCUT2D eigenvalue weighted by molar-refractivity contribution is -0.142. The van der Waals surface area contributed by atoms with E-state index >= 15 is 0 Å². The average molecular weight is 286 g/mol. The number of likely N-dealkylation sites (tertiary alicyclic amines) is 1. The number of nitrogens with zero attached hydrogens (tertiary/aromatic N) is 1. The molecular weight excluding hydrogens is 273 g/mol. The maximum Gasteiger partial charge on any atom is 0.308 e. The summed E-state index contributed by atoms with van der Waals surface area (Å²) in [5, 5.41) is 8.91. The van der Waals surface area contributed by atoms with Crippen molar-refractivity contribution < 1.29 is 19.1 Å². The first-order chi connectivity index (χ1) is 8.91. The van der Waals surface area contributed by atoms with Gasteiger partial charge in [-0.3, -0.25) is 9.59 Å². The summed E-state index contributed by atoms with van der Waals surface area (Å²) < 4.78 is 13.0. The highest BCUT2D eigenvalue weighted by Crippen LogP contribution is 2.27. The maximum atomic E-state index is 13.0. The molecule has 0 spiro atoms. The summed E-state index contributed by atoms with van der Waals surface area (Å²) in [4.78, 5) is 24.7. The van der Waals surface area contributed by atoms with E-state index < -0.39 is 17.7 Å². The smallest absolute Gasteiger partial charge is 0.308 e. The summed E-state index contributed by atoms with van der Waals surface area (Å²) in [5.41, 5.74) is 0.268. The monoisotopic (exact) mass is 285 g/mol. The molecule has 6 heteroatoms. The van der Waals surface area contributed by atoms with Gasteiger partial charge in [-0.25, -0.2) is 4.39 Å². The van der Waals surface area contributed by atoms with Crippen LogP contribution in [0, 0.1) is 11.7 Å². The number of benzene rings is 1. The summed E-state index contributed by atoms with van der Waals surface area (Å²) in [6.07, 6.45) is 0.428. The molecule has 1 heterocycles. The van der Waals surface area contributed by atoms with Crippen molar-refractivity contribution in [3.63, 3.8) is 0 Å². The Morgan fingerprint density at radius 1 is 1.47 bits per heavy atom. The van der Waals surface area contributed by atoms with Gasteiger partial charge < -0.3 is 10.0 Å². The minimum absolute atomic E-state index is 0.118. The lowest BCUT2D eigenvalue weighted by Crippen LogP contribution is -2.37. The molecule has 0 bridgehead atoms. The van der Waals surface area contributed by atoms with Crippen molar-refractivity contribution in [1.82, 2.24) is 4.90 Å². The number of aliphatic carboxylic acids is 1. The molecule has 1 saturated heterocycles. The van der Waals surface area contributed by atoms with Crippen LogP contribution in [0.15, 0.2) is 18.2 Å². The Labute approximate surface area is 114 Å². The van der Waals surface area contributed by atoms with Crippen molar-refractivity contribution in [3.05, 3.63) is 34.6 Å². The van der Waals surface area contributed by atoms with E-state index in [2.05, 4.69) is 0 Å². The number of halogens is 2. The zero-order valence-corrected chi connectivity index (χ0v) is 11.0. The molecule has 0 saturated carbocycles. The number of hydrogen-bond acceptors (Lipinski definition) is 2. The van der Waals surface area contributed by atoms with Gasteiger partial charge in [0.25, 0.3) is 5.91 Å². The van der Waals surface area contributed by atoms with E-state index in [1.165, 1.54) is 17.0 Å². The van der Waals surface area contributed by atoms with Crippen molar-refractivity contribution >= 4 is 23.5 Å². The number of hydrogen-bond donors (Lipinski definition) is 1. The molecule has 1 amide bonds. The molecule has 2 rings (SSSR count). The van der Waals surface area contributed by atoms with Gasteiger partial charge in [0, 0.05) is 18.2 Å². The van der Waals surface area contributed by atoms with Gasteiger partial charge >= 0.3 is 5.97 Å². The van der Waals surface area contributed by atoms with E-state index in [1.54, 1.807) is 6.92 Å². The Hall–Kier alpha value is -1.62. The summed E-state index contributed by atoms with van der Waals surface area (Å²) in [5.74, 6) is -2.37. The molecule has 0 aliphatic carbocycles. The van der Waals surface area contributed by atoms with E-state index in [0.717, 1.165) is 6.07 Å². The summed E-state index contributed by atoms with van der Waals surface area (Å²) in [6.45, 7) is 2.08. The molecular formula is C13H13ClFNO3. The molecule has 2 unspecified atom stereocenters. The largest absolute Gasteiger partial charge is 0.481 e. The van der Waals surface area contributed by atoms with Gasteiger partial charge in [-0.1, -0.05) is 11.6 Å². The standard InChI is InChI=1S/C13H13ClFNO3/c1-7-9(13(18)19)4-5-16(7)12(17)8-2-3-11(15)10(14)6-8/h2-3,6-7,9H,4-5H2,1H3,(H,18,19). The Balaban J connectivity index is 2.21. The summed E-state index contributed by atoms with van der Waals surface area (Å²) in [7, 11) is 0. The average Bonchev–Trinajstić information content (AvgIpc) is 2.74. The van der Waals surface area contributed by atoms with Crippen LogP contribution >= 0.6 is 11.6 Å². The minimum Gasteiger partial charge on any atom is -0.481 e. The molecule has 1 aromatic rings. The molecule has 4 nitrogen and oxygen atoms in total. The van der Waals surface area contributed by atoms with E-state index in [-0.39, 0.29) is 22.5 Å². The Morgan fingerprint density at radius 3 is 2.68 bits per heavy atom. The molecule has 1 fully saturated rings. The van der Waals surface area contributed by atoms with Crippen LogP contribution in [0.2, 0.25) is 5.02 Å². The number of amides is 1. The fourth-order valence-corrected chi connectivity index (χ4v) is 2.53. The molecule has 1 aromatic carbocycles. The second kappa shape index (κ2) is 5.17. The minimum atomic E-state index is -0.903. The Morgan fingerprint density at radius 2 is 2.16 bits per heavy atom. The van der Waals surface area contributed by atoms with Crippen molar-refractivity contribution in [3.8, 4) is 0 Å². The fourth-order valence-electron chi connectivity index (χ4n) is 2.35. The van der Waals surface area contributed by atoms with Crippen LogP contribution in [0.25, 0.3) is 0 Å². The van der Waals surface area contributed by atoms with Gasteiger partial charge in [-0.2, -0.15) is 0 Å². The first-order valence-corrected chi connectivity index (χ1v) is 6.28. The third kappa shape index (κ3) is 2.56. The number of carbonyl (C=O) groups is 2. The maximum absolute atomic E-state index is 13.0. The zero-order chi connectivity index (χ0) is 14.2. The normalized spacial score (nSPS) is 22.6. The molecule has 0 aromatic heterocycles. The zero-order valence-electron chi connectivity index (χ0n) is 10.3. The van der Waals surface area contributed by atoms with Crippen molar-refractivity contribution in [2.24, 2.45) is 5.92 Å². The van der Waals surface area contributed by atoms with Crippen LogP contribution in [0.3, 0.4) is 0 Å². The third-order valence-corrected chi connectivity index (χ3v) is 3.79. The van der Waals surface area contributed by atoms with Gasteiger partial charge in [0.05, 0.1) is 10.9 Å². The van der Waals surface area contributed by atoms with Gasteiger partial charge in [-0.15, -0.1) is 0 Å². The van der Waals surface area contributed by atoms with Gasteiger partial charge in [-0.05, 0) is 31.5 Å². The predicted octanol–water partition coefficient (Wildman–Crippen LogP) is 2.41. The van der Waals surface area contributed by atoms with E-state index in [1.807, 2.05) is 0 Å². The number of carboxylic acids is 1. The van der Waals surface area contributed by atoms with E-state index in [9.17, 15) is 14.0 Å². The highest BCUT2D eigenvalue weighted by atomic mass is 35.5. The van der Waals surface area contributed by atoms with Crippen LogP contribution < -0.4 is 0 Å². The molecule has 1 aliphatic heterocycles. The number of rotatable bonds is 2. The number of carbonyl (C=O) groups excluding carboxylic acids is 1. The van der Waals surface area contributed by atoms with Crippen LogP contribution in [0.1, 0.15) is 23.7 Å². The molecule has 2 atom stereocenters. The first-order valence-electron chi connectivity index (χ1n) is 5.90. The number of carboxylic acid groups (broad SMARTS) is 1. The van der Waals surface area contributed by atoms with Crippen molar-refractivity contribution in [1.29, 1.82) is 0 Å². The Kier molecular flexibility index (Phi) is 3.75. The lowest BCUT2D eigenvalue weighted by Gasteiger charge is -2.23. The fraction of sp³-hybridized carbons (Fsp3) is 0.385. The topological polar surface area (TPSA) is 57.6 Å². The lowest BCUT2D eigenvalue weighted by atomic mass is 10.0. The highest BCUT2D eigenvalue weighted by Gasteiger charge is 2.38. The summed E-state index contributed by atoms with van der Waals surface area (Å²) >= 11 is 5.64. The van der Waals surface area contributed by atoms with Crippen LogP contribution in [-0.2, 0) is 4.79 Å². The second-order valence-electron chi connectivity index (χ2n) is 4.60. The predicted molar refractivity (Wildman–Crippen MR) is 67.7 cm³/mol. The van der Waals surface area contributed by atoms with Crippen LogP contribution in [-0.4, -0.2) is 34.5 Å². The third-order valence-electron chi connectivity index (χ3n) is 3.50. The van der Waals surface area contributed by atoms with Crippen molar-refractivity contribution in [2.75, 3.05) is 6.54 Å². The first kappa shape index (κ1) is 13.8.